The molecule has 29 heteroatoms. The quantitative estimate of drug-likeness (QED) is 0.0264. The molecule has 0 aromatic heterocycles. The first-order chi connectivity index (χ1) is 41.1. The Balaban J connectivity index is 1.68. The molecule has 4 amide bonds. The number of nitrogens with one attached hydrogen (secondary N) is 4. The number of nitrogens with zero attached hydrogens (tertiary/aromatic N) is 1. The van der Waals surface area contributed by atoms with E-state index in [0.717, 1.165) is 6.42 Å². The predicted molar refractivity (Wildman–Crippen MR) is 302 cm³/mol. The van der Waals surface area contributed by atoms with Crippen molar-refractivity contribution in [2.24, 2.45) is 17.8 Å². The Labute approximate surface area is 502 Å². The zero-order chi connectivity index (χ0) is 63.7. The van der Waals surface area contributed by atoms with Crippen LogP contribution in [0.2, 0.25) is 0 Å². The molecule has 3 saturated heterocycles. The number of amides is 4. The van der Waals surface area contributed by atoms with Crippen molar-refractivity contribution in [3.8, 4) is 0 Å². The van der Waals surface area contributed by atoms with E-state index in [1.807, 2.05) is 6.92 Å². The largest absolute Gasteiger partial charge is 0.394 e. The van der Waals surface area contributed by atoms with Gasteiger partial charge in [0.05, 0.1) is 83.6 Å². The molecular formula is C57H99N5O24. The van der Waals surface area contributed by atoms with E-state index in [-0.39, 0.29) is 134 Å². The summed E-state index contributed by atoms with van der Waals surface area (Å²) in [7, 11) is 0. The third-order valence-electron chi connectivity index (χ3n) is 15.2. The van der Waals surface area contributed by atoms with Gasteiger partial charge in [-0.25, -0.2) is 0 Å². The van der Waals surface area contributed by atoms with Gasteiger partial charge in [-0.2, -0.15) is 0 Å². The molecule has 3 aliphatic rings. The standard InChI is InChI=1S/C57H99N5O24/c1-5-23-80-24-7-13-37(66)11-6-12-38(67)14-17-41(54(79)61-28-47(72)60-22-10-27-83-57-36(4)50(75)53(78)44(33-65)86-57)62(29-39(68)15-18-45(70)58-20-8-25-81-55-34(2)48(73)51(76)42(31-63)84-55)30-40(69)16-19-46(71)59-21-9-26-82-56-35(3)49(74)52(77)43(32-64)85-56/h34-36,41-44,48-53,55-57,63-65,73-78H,5-33H2,1-4H3,(H,58,70)(H,59,71)(H,60,72)(H,61,79)/t34?,35?,36?,41?,42?,43?,44?,48-,49-,50-,51+,52+,53+,55-,56-,57-/m1/s1. The number of aliphatic hydroxyl groups is 9. The van der Waals surface area contributed by atoms with E-state index in [4.69, 9.17) is 33.2 Å². The molecule has 3 rings (SSSR count). The maximum atomic E-state index is 14.2. The van der Waals surface area contributed by atoms with Crippen LogP contribution in [-0.4, -0.2) is 270 Å². The lowest BCUT2D eigenvalue weighted by Gasteiger charge is -2.40. The molecule has 0 bridgehead atoms. The molecule has 86 heavy (non-hydrogen) atoms. The zero-order valence-electron chi connectivity index (χ0n) is 50.3. The Bertz CT molecular complexity index is 1960. The van der Waals surface area contributed by atoms with Gasteiger partial charge < -0.3 is 100 Å². The maximum Gasteiger partial charge on any atom is 0.239 e. The molecule has 3 fully saturated rings. The molecule has 13 N–H and O–H groups in total. The highest BCUT2D eigenvalue weighted by atomic mass is 16.7. The van der Waals surface area contributed by atoms with Crippen molar-refractivity contribution in [1.82, 2.24) is 26.2 Å². The summed E-state index contributed by atoms with van der Waals surface area (Å²) in [6, 6.07) is -1.38. The number of ketones is 4. The van der Waals surface area contributed by atoms with Crippen LogP contribution in [0.5, 0.6) is 0 Å². The Hall–Kier alpha value is -4.12. The van der Waals surface area contributed by atoms with Crippen LogP contribution in [0, 0.1) is 17.8 Å². The summed E-state index contributed by atoms with van der Waals surface area (Å²) in [5.41, 5.74) is 0. The van der Waals surface area contributed by atoms with Crippen molar-refractivity contribution < 1.29 is 117 Å². The number of carbonyl (C=O) groups is 8. The summed E-state index contributed by atoms with van der Waals surface area (Å²) in [6.07, 6.45) is -12.4. The molecule has 29 nitrogen and oxygen atoms in total. The summed E-state index contributed by atoms with van der Waals surface area (Å²) >= 11 is 0. The fraction of sp³-hybridized carbons (Fsp3) is 0.860. The number of aliphatic hydroxyl groups excluding tert-OH is 9. The van der Waals surface area contributed by atoms with Crippen molar-refractivity contribution in [2.75, 3.05) is 92.1 Å². The SMILES string of the molecule is CCCOCCCC(=O)CCCC(=O)CCC(C(=O)NCC(=O)NCCCO[C@@H]1OC(CO)[C@H](O)[C@H](O)C1C)N(CC(=O)CCC(=O)NCCCO[C@@H]1OC(CO)[C@H](O)[C@H](O)C1C)CC(=O)CCC(=O)NCCCO[C@@H]1OC(CO)[C@H](O)[C@H](O)C1C. The van der Waals surface area contributed by atoms with Gasteiger partial charge in [0, 0.05) is 102 Å². The summed E-state index contributed by atoms with van der Waals surface area (Å²) in [5.74, 6) is -5.88. The van der Waals surface area contributed by atoms with Crippen LogP contribution < -0.4 is 21.3 Å². The highest BCUT2D eigenvalue weighted by Gasteiger charge is 2.45. The van der Waals surface area contributed by atoms with Crippen molar-refractivity contribution in [2.45, 2.75) is 204 Å². The first-order valence-corrected chi connectivity index (χ1v) is 30.3. The second-order valence-corrected chi connectivity index (χ2v) is 22.3. The van der Waals surface area contributed by atoms with Crippen LogP contribution >= 0.6 is 0 Å². The molecule has 3 heterocycles. The molecule has 0 aromatic carbocycles. The molecule has 0 aromatic rings. The number of rotatable bonds is 45. The lowest BCUT2D eigenvalue weighted by molar-refractivity contribution is -0.282. The molecule has 7 unspecified atom stereocenters. The van der Waals surface area contributed by atoms with Crippen LogP contribution in [0.1, 0.15) is 124 Å². The second kappa shape index (κ2) is 42.0. The molecule has 496 valence electrons. The zero-order valence-corrected chi connectivity index (χ0v) is 50.3. The van der Waals surface area contributed by atoms with E-state index in [1.54, 1.807) is 20.8 Å². The fourth-order valence-electron chi connectivity index (χ4n) is 9.78. The topological polar surface area (TPSA) is 435 Å². The van der Waals surface area contributed by atoms with Gasteiger partial charge in [0.25, 0.3) is 0 Å². The Morgan fingerprint density at radius 2 is 0.826 bits per heavy atom. The van der Waals surface area contributed by atoms with Gasteiger partial charge in [-0.05, 0) is 44.9 Å². The van der Waals surface area contributed by atoms with Gasteiger partial charge in [-0.1, -0.05) is 27.7 Å². The number of hydrogen-bond acceptors (Lipinski definition) is 25. The first-order valence-electron chi connectivity index (χ1n) is 30.3. The third-order valence-corrected chi connectivity index (χ3v) is 15.2. The van der Waals surface area contributed by atoms with Crippen molar-refractivity contribution in [3.05, 3.63) is 0 Å². The molecule has 0 saturated carbocycles. The Morgan fingerprint density at radius 3 is 1.22 bits per heavy atom. The lowest BCUT2D eigenvalue weighted by atomic mass is 9.92. The minimum Gasteiger partial charge on any atom is -0.394 e. The van der Waals surface area contributed by atoms with E-state index in [2.05, 4.69) is 21.3 Å². The van der Waals surface area contributed by atoms with E-state index in [9.17, 15) is 84.3 Å². The van der Waals surface area contributed by atoms with Gasteiger partial charge in [0.1, 0.15) is 59.8 Å². The number of hydrogen-bond donors (Lipinski definition) is 13. The monoisotopic (exact) mass is 1240 g/mol. The fourth-order valence-corrected chi connectivity index (χ4v) is 9.78. The molecule has 16 atom stereocenters. The molecule has 3 aliphatic heterocycles. The Morgan fingerprint density at radius 1 is 0.442 bits per heavy atom. The smallest absolute Gasteiger partial charge is 0.239 e. The van der Waals surface area contributed by atoms with Crippen LogP contribution in [0.4, 0.5) is 0 Å². The van der Waals surface area contributed by atoms with Gasteiger partial charge in [-0.3, -0.25) is 43.3 Å². The van der Waals surface area contributed by atoms with Gasteiger partial charge in [0.2, 0.25) is 23.6 Å². The van der Waals surface area contributed by atoms with E-state index in [1.165, 1.54) is 4.90 Å². The van der Waals surface area contributed by atoms with Crippen LogP contribution in [0.15, 0.2) is 0 Å². The highest BCUT2D eigenvalue weighted by Crippen LogP contribution is 2.29. The normalized spacial score (nSPS) is 27.9. The van der Waals surface area contributed by atoms with Crippen molar-refractivity contribution >= 4 is 46.8 Å². The number of Topliss-reactive ketones (excluding diaryl/α,β-unsaturated/α-hetero) is 4. The number of ether oxygens (including phenoxy) is 7. The highest BCUT2D eigenvalue weighted by molar-refractivity contribution is 5.92. The van der Waals surface area contributed by atoms with Gasteiger partial charge >= 0.3 is 0 Å². The first kappa shape index (κ1) is 76.1. The third kappa shape index (κ3) is 27.3. The maximum absolute atomic E-state index is 14.2. The summed E-state index contributed by atoms with van der Waals surface area (Å²) in [6.45, 7) is 4.91. The average molecular weight is 1240 g/mol. The minimum atomic E-state index is -1.38. The molecule has 0 spiro atoms. The summed E-state index contributed by atoms with van der Waals surface area (Å²) < 4.78 is 39.2. The second-order valence-electron chi connectivity index (χ2n) is 22.3. The molecular weight excluding hydrogens is 1140 g/mol. The minimum absolute atomic E-state index is 0.00888. The number of carbonyl (C=O) groups excluding carboxylic acids is 8. The summed E-state index contributed by atoms with van der Waals surface area (Å²) in [4.78, 5) is 108. The molecule has 0 aliphatic carbocycles. The van der Waals surface area contributed by atoms with E-state index >= 15 is 0 Å². The Kier molecular flexibility index (Phi) is 37.2. The molecule has 0 radical (unpaired) electrons. The van der Waals surface area contributed by atoms with E-state index < -0.39 is 172 Å². The van der Waals surface area contributed by atoms with Gasteiger partial charge in [0.15, 0.2) is 18.9 Å². The van der Waals surface area contributed by atoms with Crippen molar-refractivity contribution in [1.29, 1.82) is 0 Å². The lowest BCUT2D eigenvalue weighted by Crippen LogP contribution is -2.55. The van der Waals surface area contributed by atoms with Crippen LogP contribution in [-0.2, 0) is 71.5 Å². The summed E-state index contributed by atoms with van der Waals surface area (Å²) in [5, 5.41) is 100. The van der Waals surface area contributed by atoms with Crippen LogP contribution in [0.3, 0.4) is 0 Å². The van der Waals surface area contributed by atoms with E-state index in [0.29, 0.717) is 19.6 Å². The van der Waals surface area contributed by atoms with Crippen LogP contribution in [0.25, 0.3) is 0 Å². The average Bonchev–Trinajstić information content (AvgIpc) is 3.62. The van der Waals surface area contributed by atoms with Crippen molar-refractivity contribution in [3.63, 3.8) is 0 Å². The predicted octanol–water partition coefficient (Wildman–Crippen LogP) is -3.44. The van der Waals surface area contributed by atoms with Gasteiger partial charge in [-0.15, -0.1) is 0 Å².